The van der Waals surface area contributed by atoms with Crippen molar-refractivity contribution in [3.63, 3.8) is 0 Å². The van der Waals surface area contributed by atoms with Crippen LogP contribution in [0.1, 0.15) is 12.0 Å². The van der Waals surface area contributed by atoms with E-state index < -0.39 is 16.8 Å². The third-order valence-electron chi connectivity index (χ3n) is 5.84. The number of aliphatic hydroxyl groups excluding tert-OH is 1. The highest BCUT2D eigenvalue weighted by Gasteiger charge is 2.38. The predicted molar refractivity (Wildman–Crippen MR) is 124 cm³/mol. The number of alkyl halides is 3. The molecule has 0 spiro atoms. The Kier molecular flexibility index (Phi) is 7.49. The van der Waals surface area contributed by atoms with Crippen LogP contribution in [0.4, 0.5) is 24.5 Å². The highest BCUT2D eigenvalue weighted by molar-refractivity contribution is 7.99. The summed E-state index contributed by atoms with van der Waals surface area (Å²) in [7, 11) is 0. The lowest BCUT2D eigenvalue weighted by Crippen LogP contribution is -2.47. The number of anilines is 2. The second kappa shape index (κ2) is 9.99. The number of benzene rings is 2. The van der Waals surface area contributed by atoms with Gasteiger partial charge in [-0.25, -0.2) is 0 Å². The highest BCUT2D eigenvalue weighted by atomic mass is 35.5. The summed E-state index contributed by atoms with van der Waals surface area (Å²) in [4.78, 5) is 8.02. The molecule has 2 aromatic rings. The van der Waals surface area contributed by atoms with Crippen molar-refractivity contribution in [1.29, 1.82) is 0 Å². The molecule has 0 aliphatic carbocycles. The number of hydrogen-bond acceptors (Lipinski definition) is 5. The molecule has 174 valence electrons. The number of β-amino-alcohol motifs (C(OH)–C–C–N with tert-alkyl or cyclic N) is 1. The normalized spacial score (nSPS) is 17.4. The van der Waals surface area contributed by atoms with Gasteiger partial charge in [0.05, 0.1) is 38.5 Å². The van der Waals surface area contributed by atoms with E-state index in [-0.39, 0.29) is 11.6 Å². The molecular weight excluding hydrogens is 482 g/mol. The second-order valence-corrected chi connectivity index (χ2v) is 9.69. The van der Waals surface area contributed by atoms with Gasteiger partial charge >= 0.3 is 6.18 Å². The second-order valence-electron chi connectivity index (χ2n) is 7.88. The van der Waals surface area contributed by atoms with Crippen LogP contribution in [-0.2, 0) is 6.18 Å². The molecule has 2 aromatic carbocycles. The molecule has 10 heteroatoms. The highest BCUT2D eigenvalue weighted by Crippen LogP contribution is 2.54. The van der Waals surface area contributed by atoms with E-state index in [0.29, 0.717) is 23.7 Å². The van der Waals surface area contributed by atoms with E-state index >= 15 is 0 Å². The van der Waals surface area contributed by atoms with Crippen molar-refractivity contribution in [2.75, 3.05) is 57.3 Å². The number of halogens is 5. The molecule has 0 unspecified atom stereocenters. The summed E-state index contributed by atoms with van der Waals surface area (Å²) >= 11 is 13.7. The van der Waals surface area contributed by atoms with Gasteiger partial charge in [0.1, 0.15) is 0 Å². The van der Waals surface area contributed by atoms with Gasteiger partial charge in [-0.05, 0) is 31.2 Å². The van der Waals surface area contributed by atoms with Gasteiger partial charge in [0.2, 0.25) is 0 Å². The summed E-state index contributed by atoms with van der Waals surface area (Å²) in [6.45, 7) is 5.94. The van der Waals surface area contributed by atoms with Crippen molar-refractivity contribution in [3.05, 3.63) is 45.9 Å². The number of nitrogens with zero attached hydrogens (tertiary/aromatic N) is 3. The minimum absolute atomic E-state index is 0.0546. The maximum Gasteiger partial charge on any atom is 0.417 e. The van der Waals surface area contributed by atoms with E-state index in [1.165, 1.54) is 11.8 Å². The quantitative estimate of drug-likeness (QED) is 0.550. The number of aliphatic hydroxyl groups is 1. The Bertz CT molecular complexity index is 968. The van der Waals surface area contributed by atoms with Gasteiger partial charge in [-0.1, -0.05) is 47.1 Å². The standard InChI is InChI=1S/C22H24Cl2F3N3OS/c23-19-15(22(25,26)27)14-17-21(20(19)24)32-18-5-2-1-4-16(18)30(17)7-3-6-28-8-10-29(11-9-28)12-13-31/h1-2,4-5,14,31H,3,6-13H2. The first-order valence-electron chi connectivity index (χ1n) is 10.5. The molecule has 0 saturated carbocycles. The number of para-hydroxylation sites is 1. The van der Waals surface area contributed by atoms with Gasteiger partial charge in [0, 0.05) is 44.2 Å². The van der Waals surface area contributed by atoms with E-state index in [2.05, 4.69) is 9.80 Å². The Labute approximate surface area is 199 Å². The van der Waals surface area contributed by atoms with Crippen molar-refractivity contribution in [1.82, 2.24) is 9.80 Å². The predicted octanol–water partition coefficient (Wildman–Crippen LogP) is 5.61. The van der Waals surface area contributed by atoms with Gasteiger partial charge in [-0.15, -0.1) is 0 Å². The van der Waals surface area contributed by atoms with Crippen LogP contribution in [0.15, 0.2) is 40.1 Å². The average Bonchev–Trinajstić information content (AvgIpc) is 2.76. The lowest BCUT2D eigenvalue weighted by Gasteiger charge is -2.36. The van der Waals surface area contributed by atoms with Crippen molar-refractivity contribution >= 4 is 46.3 Å². The van der Waals surface area contributed by atoms with Gasteiger partial charge in [0.15, 0.2) is 0 Å². The lowest BCUT2D eigenvalue weighted by atomic mass is 10.1. The van der Waals surface area contributed by atoms with Crippen molar-refractivity contribution < 1.29 is 18.3 Å². The van der Waals surface area contributed by atoms with Crippen LogP contribution in [0.2, 0.25) is 10.0 Å². The molecule has 0 radical (unpaired) electrons. The Morgan fingerprint density at radius 1 is 0.906 bits per heavy atom. The molecule has 4 nitrogen and oxygen atoms in total. The summed E-state index contributed by atoms with van der Waals surface area (Å²) < 4.78 is 40.8. The molecule has 2 aliphatic rings. The van der Waals surface area contributed by atoms with Crippen LogP contribution in [0.25, 0.3) is 0 Å². The zero-order valence-electron chi connectivity index (χ0n) is 17.3. The maximum atomic E-state index is 13.6. The van der Waals surface area contributed by atoms with E-state index in [4.69, 9.17) is 28.3 Å². The Balaban J connectivity index is 1.55. The molecular formula is C22H24Cl2F3N3OS. The Hall–Kier alpha value is -1.16. The van der Waals surface area contributed by atoms with Crippen LogP contribution in [0.3, 0.4) is 0 Å². The molecule has 0 amide bonds. The fourth-order valence-electron chi connectivity index (χ4n) is 4.18. The number of hydrogen-bond donors (Lipinski definition) is 1. The first-order valence-corrected chi connectivity index (χ1v) is 12.1. The van der Waals surface area contributed by atoms with Crippen LogP contribution < -0.4 is 4.90 Å². The Morgan fingerprint density at radius 3 is 2.22 bits per heavy atom. The smallest absolute Gasteiger partial charge is 0.395 e. The van der Waals surface area contributed by atoms with E-state index in [9.17, 15) is 13.2 Å². The monoisotopic (exact) mass is 505 g/mol. The fraction of sp³-hybridized carbons (Fsp3) is 0.455. The van der Waals surface area contributed by atoms with Gasteiger partial charge in [-0.3, -0.25) is 4.90 Å². The zero-order valence-corrected chi connectivity index (χ0v) is 19.7. The lowest BCUT2D eigenvalue weighted by molar-refractivity contribution is -0.137. The molecule has 1 fully saturated rings. The maximum absolute atomic E-state index is 13.6. The van der Waals surface area contributed by atoms with Crippen LogP contribution in [0.5, 0.6) is 0 Å². The summed E-state index contributed by atoms with van der Waals surface area (Å²) in [5.74, 6) is 0. The van der Waals surface area contributed by atoms with E-state index in [1.54, 1.807) is 0 Å². The van der Waals surface area contributed by atoms with Crippen LogP contribution >= 0.6 is 35.0 Å². The van der Waals surface area contributed by atoms with Gasteiger partial charge < -0.3 is 14.9 Å². The Morgan fingerprint density at radius 2 is 1.56 bits per heavy atom. The fourth-order valence-corrected chi connectivity index (χ4v) is 5.92. The molecule has 2 aliphatic heterocycles. The molecule has 0 atom stereocenters. The average molecular weight is 506 g/mol. The zero-order chi connectivity index (χ0) is 22.9. The third-order valence-corrected chi connectivity index (χ3v) is 8.01. The largest absolute Gasteiger partial charge is 0.417 e. The number of fused-ring (bicyclic) bond motifs is 2. The molecule has 32 heavy (non-hydrogen) atoms. The van der Waals surface area contributed by atoms with Crippen molar-refractivity contribution in [3.8, 4) is 0 Å². The van der Waals surface area contributed by atoms with Crippen molar-refractivity contribution in [2.45, 2.75) is 22.4 Å². The number of rotatable bonds is 6. The summed E-state index contributed by atoms with van der Waals surface area (Å²) in [6.07, 6.45) is -3.79. The SMILES string of the molecule is OCCN1CCN(CCCN2c3ccccc3Sc3c2cc(C(F)(F)F)c(Cl)c3Cl)CC1. The first kappa shape index (κ1) is 24.0. The van der Waals surface area contributed by atoms with E-state index in [1.807, 2.05) is 29.2 Å². The molecule has 4 rings (SSSR count). The summed E-state index contributed by atoms with van der Waals surface area (Å²) in [5, 5.41) is 8.58. The summed E-state index contributed by atoms with van der Waals surface area (Å²) in [6, 6.07) is 8.79. The van der Waals surface area contributed by atoms with Crippen molar-refractivity contribution in [2.24, 2.45) is 0 Å². The third kappa shape index (κ3) is 5.00. The van der Waals surface area contributed by atoms with Crippen LogP contribution in [-0.4, -0.2) is 67.3 Å². The minimum Gasteiger partial charge on any atom is -0.395 e. The molecule has 1 N–H and O–H groups in total. The van der Waals surface area contributed by atoms with Crippen LogP contribution in [0, 0.1) is 0 Å². The molecule has 2 heterocycles. The molecule has 0 bridgehead atoms. The molecule has 0 aromatic heterocycles. The topological polar surface area (TPSA) is 30.0 Å². The minimum atomic E-state index is -4.59. The number of piperazine rings is 1. The van der Waals surface area contributed by atoms with Gasteiger partial charge in [0.25, 0.3) is 0 Å². The summed E-state index contributed by atoms with van der Waals surface area (Å²) in [5.41, 5.74) is 0.417. The molecule has 1 saturated heterocycles. The first-order chi connectivity index (χ1) is 15.3. The van der Waals surface area contributed by atoms with E-state index in [0.717, 1.165) is 55.8 Å². The van der Waals surface area contributed by atoms with Gasteiger partial charge in [-0.2, -0.15) is 13.2 Å².